The summed E-state index contributed by atoms with van der Waals surface area (Å²) in [5.41, 5.74) is 3.99. The lowest BCUT2D eigenvalue weighted by Gasteiger charge is -2.27. The lowest BCUT2D eigenvalue weighted by Crippen LogP contribution is -2.46. The van der Waals surface area contributed by atoms with E-state index in [4.69, 9.17) is 15.2 Å². The molecule has 0 aromatic carbocycles. The zero-order valence-electron chi connectivity index (χ0n) is 20.3. The van der Waals surface area contributed by atoms with Crippen molar-refractivity contribution < 1.29 is 39.5 Å². The molecule has 7 N–H and O–H groups in total. The molecule has 3 heterocycles. The van der Waals surface area contributed by atoms with E-state index in [-0.39, 0.29) is 31.9 Å². The van der Waals surface area contributed by atoms with Gasteiger partial charge in [0.1, 0.15) is 42.5 Å². The lowest BCUT2D eigenvalue weighted by atomic mass is 9.87. The van der Waals surface area contributed by atoms with Crippen LogP contribution in [0.5, 0.6) is 0 Å². The van der Waals surface area contributed by atoms with Crippen LogP contribution in [0, 0.1) is 5.41 Å². The number of nitrogen functional groups attached to an aromatic ring is 1. The fourth-order valence-electron chi connectivity index (χ4n) is 3.46. The molecule has 1 aliphatic heterocycles. The summed E-state index contributed by atoms with van der Waals surface area (Å²) in [4.78, 5) is 39.5. The van der Waals surface area contributed by atoms with Crippen LogP contribution >= 0.6 is 0 Å². The van der Waals surface area contributed by atoms with Gasteiger partial charge in [-0.05, 0) is 6.07 Å². The first-order chi connectivity index (χ1) is 17.4. The number of carbonyl (C=O) groups excluding carboxylic acids is 2. The van der Waals surface area contributed by atoms with Gasteiger partial charge in [0.15, 0.2) is 6.23 Å². The van der Waals surface area contributed by atoms with Gasteiger partial charge in [0.25, 0.3) is 0 Å². The van der Waals surface area contributed by atoms with Crippen molar-refractivity contribution >= 4 is 17.7 Å². The number of nitrogens with two attached hydrogens (primary N) is 1. The standard InChI is InChI=1S/C21H31N7O9/c1-21(2,10-29)17(33)18(34)23-5-3-14(30)36-9-11-7-27(26-25-11)8-12-15(31)16(32)19(37-12)28-6-4-13(22)24-20(28)35/h4,6-7,12,15-17,19,29,31-33H,3,5,8-10H2,1-2H3,(H,23,34)(H2,22,24,35)/t12-,15-,16-,17-,19-/m1/s1. The second-order valence-corrected chi connectivity index (χ2v) is 9.27. The van der Waals surface area contributed by atoms with Gasteiger partial charge < -0.3 is 41.0 Å². The highest BCUT2D eigenvalue weighted by atomic mass is 16.6. The van der Waals surface area contributed by atoms with E-state index in [1.54, 1.807) is 0 Å². The molecular formula is C21H31N7O9. The van der Waals surface area contributed by atoms with Crippen molar-refractivity contribution in [1.82, 2.24) is 29.9 Å². The molecular weight excluding hydrogens is 494 g/mol. The minimum Gasteiger partial charge on any atom is -0.459 e. The van der Waals surface area contributed by atoms with Gasteiger partial charge in [0, 0.05) is 18.2 Å². The summed E-state index contributed by atoms with van der Waals surface area (Å²) in [6.07, 6.45) is -3.70. The minimum atomic E-state index is -1.44. The zero-order valence-corrected chi connectivity index (χ0v) is 20.3. The molecule has 1 fully saturated rings. The van der Waals surface area contributed by atoms with Gasteiger partial charge in [-0.15, -0.1) is 5.10 Å². The van der Waals surface area contributed by atoms with E-state index in [0.29, 0.717) is 5.69 Å². The first-order valence-corrected chi connectivity index (χ1v) is 11.4. The molecule has 1 saturated heterocycles. The molecule has 1 aliphatic rings. The Labute approximate surface area is 210 Å². The molecule has 1 amide bonds. The third-order valence-corrected chi connectivity index (χ3v) is 5.82. The molecule has 0 radical (unpaired) electrons. The Morgan fingerprint density at radius 1 is 1.32 bits per heavy atom. The lowest BCUT2D eigenvalue weighted by molar-refractivity contribution is -0.145. The first kappa shape index (κ1) is 28.1. The van der Waals surface area contributed by atoms with E-state index in [0.717, 1.165) is 4.57 Å². The Kier molecular flexibility index (Phi) is 8.93. The first-order valence-electron chi connectivity index (χ1n) is 11.4. The van der Waals surface area contributed by atoms with E-state index in [1.807, 2.05) is 0 Å². The Morgan fingerprint density at radius 2 is 2.05 bits per heavy atom. The Balaban J connectivity index is 1.46. The maximum absolute atomic E-state index is 12.0. The molecule has 2 aromatic heterocycles. The summed E-state index contributed by atoms with van der Waals surface area (Å²) in [5.74, 6) is -1.34. The van der Waals surface area contributed by atoms with E-state index in [2.05, 4.69) is 20.6 Å². The summed E-state index contributed by atoms with van der Waals surface area (Å²) in [6, 6.07) is 1.36. The molecule has 3 rings (SSSR count). The Hall–Kier alpha value is -3.44. The molecule has 0 saturated carbocycles. The quantitative estimate of drug-likeness (QED) is 0.158. The smallest absolute Gasteiger partial charge is 0.351 e. The van der Waals surface area contributed by atoms with E-state index in [1.165, 1.54) is 37.0 Å². The average Bonchev–Trinajstić information content (AvgIpc) is 3.42. The number of aliphatic hydroxyl groups is 4. The van der Waals surface area contributed by atoms with Gasteiger partial charge in [0.2, 0.25) is 5.91 Å². The molecule has 0 bridgehead atoms. The average molecular weight is 526 g/mol. The summed E-state index contributed by atoms with van der Waals surface area (Å²) in [7, 11) is 0. The zero-order chi connectivity index (χ0) is 27.3. The maximum Gasteiger partial charge on any atom is 0.351 e. The van der Waals surface area contributed by atoms with E-state index >= 15 is 0 Å². The number of aromatic nitrogens is 5. The van der Waals surface area contributed by atoms with Gasteiger partial charge >= 0.3 is 11.7 Å². The van der Waals surface area contributed by atoms with Crippen LogP contribution in [0.4, 0.5) is 5.82 Å². The van der Waals surface area contributed by atoms with Crippen molar-refractivity contribution in [2.75, 3.05) is 18.9 Å². The van der Waals surface area contributed by atoms with E-state index < -0.39 is 60.2 Å². The van der Waals surface area contributed by atoms with Crippen molar-refractivity contribution in [3.8, 4) is 0 Å². The molecule has 5 atom stereocenters. The largest absolute Gasteiger partial charge is 0.459 e. The maximum atomic E-state index is 12.0. The summed E-state index contributed by atoms with van der Waals surface area (Å²) < 4.78 is 13.1. The third-order valence-electron chi connectivity index (χ3n) is 5.82. The summed E-state index contributed by atoms with van der Waals surface area (Å²) >= 11 is 0. The number of carbonyl (C=O) groups is 2. The van der Waals surface area contributed by atoms with Gasteiger partial charge in [-0.2, -0.15) is 4.98 Å². The number of nitrogens with one attached hydrogen (secondary N) is 1. The van der Waals surface area contributed by atoms with Gasteiger partial charge in [-0.3, -0.25) is 14.2 Å². The topological polar surface area (TPSA) is 237 Å². The highest BCUT2D eigenvalue weighted by Crippen LogP contribution is 2.29. The second kappa shape index (κ2) is 11.7. The molecule has 37 heavy (non-hydrogen) atoms. The van der Waals surface area contributed by atoms with Gasteiger partial charge in [0.05, 0.1) is 25.8 Å². The highest BCUT2D eigenvalue weighted by molar-refractivity contribution is 5.81. The number of nitrogens with zero attached hydrogens (tertiary/aromatic N) is 5. The Morgan fingerprint density at radius 3 is 2.73 bits per heavy atom. The second-order valence-electron chi connectivity index (χ2n) is 9.27. The summed E-state index contributed by atoms with van der Waals surface area (Å²) in [5, 5.41) is 50.0. The molecule has 16 heteroatoms. The van der Waals surface area contributed by atoms with Gasteiger partial charge in [-0.25, -0.2) is 9.48 Å². The van der Waals surface area contributed by atoms with Crippen LogP contribution in [0.25, 0.3) is 0 Å². The van der Waals surface area contributed by atoms with Crippen LogP contribution in [-0.2, 0) is 32.2 Å². The number of esters is 1. The normalized spacial score (nSPS) is 22.5. The monoisotopic (exact) mass is 525 g/mol. The minimum absolute atomic E-state index is 0.00678. The molecule has 204 valence electrons. The molecule has 16 nitrogen and oxygen atoms in total. The van der Waals surface area contributed by atoms with Crippen molar-refractivity contribution in [1.29, 1.82) is 0 Å². The number of ether oxygens (including phenoxy) is 2. The number of hydrogen-bond donors (Lipinski definition) is 6. The fraction of sp³-hybridized carbons (Fsp3) is 0.619. The van der Waals surface area contributed by atoms with Crippen LogP contribution in [0.2, 0.25) is 0 Å². The van der Waals surface area contributed by atoms with Crippen molar-refractivity contribution in [3.63, 3.8) is 0 Å². The van der Waals surface area contributed by atoms with Crippen LogP contribution < -0.4 is 16.7 Å². The van der Waals surface area contributed by atoms with Crippen LogP contribution in [-0.4, -0.2) is 94.4 Å². The van der Waals surface area contributed by atoms with Crippen LogP contribution in [0.1, 0.15) is 32.2 Å². The number of anilines is 1. The van der Waals surface area contributed by atoms with E-state index in [9.17, 15) is 34.8 Å². The highest BCUT2D eigenvalue weighted by Gasteiger charge is 2.44. The number of aliphatic hydroxyl groups excluding tert-OH is 4. The SMILES string of the molecule is CC(C)(CO)[C@H](O)C(=O)NCCC(=O)OCc1cn(C[C@H]2O[C@@H](n3ccc(N)nc3=O)[C@H](O)[C@@H]2O)nn1. The predicted octanol–water partition coefficient (Wildman–Crippen LogP) is -3.33. The van der Waals surface area contributed by atoms with Crippen molar-refractivity contribution in [2.24, 2.45) is 5.41 Å². The molecule has 0 spiro atoms. The number of amides is 1. The third kappa shape index (κ3) is 6.86. The number of hydrogen-bond acceptors (Lipinski definition) is 13. The molecule has 2 aromatic rings. The van der Waals surface area contributed by atoms with Crippen LogP contribution in [0.15, 0.2) is 23.3 Å². The van der Waals surface area contributed by atoms with Crippen molar-refractivity contribution in [2.45, 2.75) is 64.1 Å². The predicted molar refractivity (Wildman–Crippen MR) is 123 cm³/mol. The van der Waals surface area contributed by atoms with Crippen LogP contribution in [0.3, 0.4) is 0 Å². The fourth-order valence-corrected chi connectivity index (χ4v) is 3.46. The number of rotatable bonds is 11. The Bertz CT molecular complexity index is 1150. The summed E-state index contributed by atoms with van der Waals surface area (Å²) in [6.45, 7) is 2.35. The van der Waals surface area contributed by atoms with Gasteiger partial charge in [-0.1, -0.05) is 19.1 Å². The van der Waals surface area contributed by atoms with Crippen molar-refractivity contribution in [3.05, 3.63) is 34.6 Å². The molecule has 0 aliphatic carbocycles. The molecule has 0 unspecified atom stereocenters.